The van der Waals surface area contributed by atoms with E-state index < -0.39 is 4.92 Å². The van der Waals surface area contributed by atoms with E-state index in [9.17, 15) is 10.1 Å². The molecule has 2 aromatic rings. The van der Waals surface area contributed by atoms with Crippen LogP contribution in [0.1, 0.15) is 31.6 Å². The molecule has 0 aromatic carbocycles. The van der Waals surface area contributed by atoms with Crippen molar-refractivity contribution in [1.29, 1.82) is 0 Å². The van der Waals surface area contributed by atoms with Gasteiger partial charge in [-0.05, 0) is 12.5 Å². The van der Waals surface area contributed by atoms with E-state index in [2.05, 4.69) is 10.1 Å². The fourth-order valence-electron chi connectivity index (χ4n) is 1.47. The molecule has 0 aliphatic heterocycles. The molecule has 0 spiro atoms. The Balaban J connectivity index is 2.20. The zero-order valence-corrected chi connectivity index (χ0v) is 9.70. The molecule has 0 aliphatic carbocycles. The first-order valence-corrected chi connectivity index (χ1v) is 5.45. The first kappa shape index (κ1) is 12.2. The van der Waals surface area contributed by atoms with Gasteiger partial charge in [0.05, 0.1) is 12.1 Å². The highest BCUT2D eigenvalue weighted by Gasteiger charge is 2.19. The molecule has 0 saturated carbocycles. The van der Waals surface area contributed by atoms with E-state index in [4.69, 9.17) is 14.7 Å². The van der Waals surface area contributed by atoms with Crippen LogP contribution in [0.15, 0.2) is 21.1 Å². The predicted octanol–water partition coefficient (Wildman–Crippen LogP) is 2.04. The zero-order valence-electron chi connectivity index (χ0n) is 9.70. The minimum Gasteiger partial charge on any atom is -0.395 e. The molecule has 8 heteroatoms. The van der Waals surface area contributed by atoms with Gasteiger partial charge >= 0.3 is 5.88 Å². The molecule has 18 heavy (non-hydrogen) atoms. The van der Waals surface area contributed by atoms with Crippen molar-refractivity contribution in [3.05, 3.63) is 28.1 Å². The quantitative estimate of drug-likeness (QED) is 0.638. The van der Waals surface area contributed by atoms with Crippen LogP contribution in [-0.2, 0) is 0 Å². The van der Waals surface area contributed by atoms with Gasteiger partial charge in [0.25, 0.3) is 5.89 Å². The third-order valence-electron chi connectivity index (χ3n) is 2.36. The normalized spacial score (nSPS) is 12.6. The summed E-state index contributed by atoms with van der Waals surface area (Å²) in [5.41, 5.74) is 5.83. The second kappa shape index (κ2) is 4.96. The summed E-state index contributed by atoms with van der Waals surface area (Å²) >= 11 is 0. The van der Waals surface area contributed by atoms with Gasteiger partial charge in [0, 0.05) is 0 Å². The molecule has 0 bridgehead atoms. The molecule has 2 N–H and O–H groups in total. The number of nitrogens with two attached hydrogens (primary N) is 1. The Kier molecular flexibility index (Phi) is 3.38. The van der Waals surface area contributed by atoms with Crippen LogP contribution in [0.3, 0.4) is 0 Å². The van der Waals surface area contributed by atoms with Crippen LogP contribution in [0, 0.1) is 10.1 Å². The number of nitrogens with zero attached hydrogens (tertiary/aromatic N) is 3. The molecule has 96 valence electrons. The van der Waals surface area contributed by atoms with Crippen molar-refractivity contribution >= 4 is 5.88 Å². The minimum atomic E-state index is -0.635. The van der Waals surface area contributed by atoms with E-state index in [1.54, 1.807) is 0 Å². The summed E-state index contributed by atoms with van der Waals surface area (Å²) in [6.45, 7) is 2.00. The Morgan fingerprint density at radius 2 is 2.33 bits per heavy atom. The number of aromatic nitrogens is 2. The van der Waals surface area contributed by atoms with E-state index in [1.807, 2.05) is 6.92 Å². The molecule has 0 radical (unpaired) electrons. The third kappa shape index (κ3) is 2.38. The Morgan fingerprint density at radius 3 is 2.94 bits per heavy atom. The van der Waals surface area contributed by atoms with Crippen molar-refractivity contribution in [2.75, 3.05) is 0 Å². The van der Waals surface area contributed by atoms with Gasteiger partial charge in [0.2, 0.25) is 0 Å². The number of hydrogen-bond donors (Lipinski definition) is 1. The standard InChI is InChI=1S/C10H12N4O4/c1-2-3-6(11)9-12-10(18-13-9)7-4-5-8(17-7)14(15)16/h4-6H,2-3,11H2,1H3. The van der Waals surface area contributed by atoms with Crippen molar-refractivity contribution in [1.82, 2.24) is 10.1 Å². The van der Waals surface area contributed by atoms with Gasteiger partial charge < -0.3 is 14.7 Å². The van der Waals surface area contributed by atoms with Gasteiger partial charge in [-0.15, -0.1) is 0 Å². The first-order chi connectivity index (χ1) is 8.61. The Bertz CT molecular complexity index is 548. The van der Waals surface area contributed by atoms with Crippen LogP contribution >= 0.6 is 0 Å². The number of nitro groups is 1. The molecule has 2 rings (SSSR count). The van der Waals surface area contributed by atoms with Crippen LogP contribution < -0.4 is 5.73 Å². The molecule has 1 unspecified atom stereocenters. The van der Waals surface area contributed by atoms with Crippen molar-refractivity contribution in [2.24, 2.45) is 5.73 Å². The molecule has 0 saturated heterocycles. The lowest BCUT2D eigenvalue weighted by Crippen LogP contribution is -2.11. The van der Waals surface area contributed by atoms with Crippen LogP contribution in [0.25, 0.3) is 11.7 Å². The Hall–Kier alpha value is -2.22. The maximum atomic E-state index is 10.5. The SMILES string of the molecule is CCCC(N)c1noc(-c2ccc([N+](=O)[O-])o2)n1. The average Bonchev–Trinajstić information content (AvgIpc) is 2.98. The highest BCUT2D eigenvalue weighted by Crippen LogP contribution is 2.25. The van der Waals surface area contributed by atoms with Crippen molar-refractivity contribution in [3.8, 4) is 11.7 Å². The molecule has 2 aromatic heterocycles. The summed E-state index contributed by atoms with van der Waals surface area (Å²) in [4.78, 5) is 13.9. The summed E-state index contributed by atoms with van der Waals surface area (Å²) in [7, 11) is 0. The van der Waals surface area contributed by atoms with Gasteiger partial charge in [0.15, 0.2) is 11.6 Å². The second-order valence-corrected chi connectivity index (χ2v) is 3.75. The lowest BCUT2D eigenvalue weighted by Gasteiger charge is -2.02. The van der Waals surface area contributed by atoms with Gasteiger partial charge in [-0.1, -0.05) is 18.5 Å². The fraction of sp³-hybridized carbons (Fsp3) is 0.400. The monoisotopic (exact) mass is 252 g/mol. The van der Waals surface area contributed by atoms with Crippen LogP contribution in [0.5, 0.6) is 0 Å². The topological polar surface area (TPSA) is 121 Å². The van der Waals surface area contributed by atoms with Gasteiger partial charge in [-0.2, -0.15) is 4.98 Å². The van der Waals surface area contributed by atoms with Gasteiger partial charge in [-0.25, -0.2) is 0 Å². The first-order valence-electron chi connectivity index (χ1n) is 5.45. The molecule has 8 nitrogen and oxygen atoms in total. The molecule has 1 atom stereocenters. The third-order valence-corrected chi connectivity index (χ3v) is 2.36. The highest BCUT2D eigenvalue weighted by atomic mass is 16.6. The average molecular weight is 252 g/mol. The number of hydrogen-bond acceptors (Lipinski definition) is 7. The van der Waals surface area contributed by atoms with E-state index in [1.165, 1.54) is 12.1 Å². The second-order valence-electron chi connectivity index (χ2n) is 3.75. The zero-order chi connectivity index (χ0) is 13.1. The highest BCUT2D eigenvalue weighted by molar-refractivity contribution is 5.46. The maximum absolute atomic E-state index is 10.5. The van der Waals surface area contributed by atoms with Crippen molar-refractivity contribution < 1.29 is 13.9 Å². The summed E-state index contributed by atoms with van der Waals surface area (Å²) in [5, 5.41) is 14.2. The number of rotatable bonds is 5. The van der Waals surface area contributed by atoms with Crippen LogP contribution in [0.2, 0.25) is 0 Å². The lowest BCUT2D eigenvalue weighted by molar-refractivity contribution is -0.401. The molecule has 0 aliphatic rings. The Morgan fingerprint density at radius 1 is 1.56 bits per heavy atom. The van der Waals surface area contributed by atoms with Gasteiger partial charge in [-0.3, -0.25) is 10.1 Å². The fourth-order valence-corrected chi connectivity index (χ4v) is 1.47. The Labute approximate surface area is 102 Å². The number of furan rings is 1. The van der Waals surface area contributed by atoms with Crippen LogP contribution in [0.4, 0.5) is 5.88 Å². The largest absolute Gasteiger partial charge is 0.433 e. The molecule has 2 heterocycles. The van der Waals surface area contributed by atoms with E-state index in [0.717, 1.165) is 12.8 Å². The summed E-state index contributed by atoms with van der Waals surface area (Å²) in [5.74, 6) is 0.238. The summed E-state index contributed by atoms with van der Waals surface area (Å²) in [6.07, 6.45) is 1.63. The lowest BCUT2D eigenvalue weighted by atomic mass is 10.2. The van der Waals surface area contributed by atoms with Crippen molar-refractivity contribution in [2.45, 2.75) is 25.8 Å². The van der Waals surface area contributed by atoms with E-state index >= 15 is 0 Å². The predicted molar refractivity (Wildman–Crippen MR) is 60.5 cm³/mol. The molecular formula is C10H12N4O4. The summed E-state index contributed by atoms with van der Waals surface area (Å²) in [6, 6.07) is 2.32. The summed E-state index contributed by atoms with van der Waals surface area (Å²) < 4.78 is 9.90. The molecular weight excluding hydrogens is 240 g/mol. The smallest absolute Gasteiger partial charge is 0.395 e. The van der Waals surface area contributed by atoms with Gasteiger partial charge in [0.1, 0.15) is 4.92 Å². The molecule has 0 fully saturated rings. The maximum Gasteiger partial charge on any atom is 0.433 e. The van der Waals surface area contributed by atoms with Crippen molar-refractivity contribution in [3.63, 3.8) is 0 Å². The molecule has 0 amide bonds. The van der Waals surface area contributed by atoms with E-state index in [0.29, 0.717) is 5.82 Å². The van der Waals surface area contributed by atoms with E-state index in [-0.39, 0.29) is 23.6 Å². The minimum absolute atomic E-state index is 0.0876. The van der Waals surface area contributed by atoms with Crippen LogP contribution in [-0.4, -0.2) is 15.1 Å².